The number of pyridine rings is 1. The van der Waals surface area contributed by atoms with Crippen molar-refractivity contribution in [3.63, 3.8) is 0 Å². The Labute approximate surface area is 176 Å². The highest BCUT2D eigenvalue weighted by Gasteiger charge is 2.25. The van der Waals surface area contributed by atoms with Crippen molar-refractivity contribution in [3.05, 3.63) is 46.9 Å². The summed E-state index contributed by atoms with van der Waals surface area (Å²) in [5.74, 6) is 1.29. The van der Waals surface area contributed by atoms with Crippen molar-refractivity contribution in [3.8, 4) is 0 Å². The number of carbonyl (C=O) groups is 1. The molecule has 156 valence electrons. The fourth-order valence-electron chi connectivity index (χ4n) is 3.45. The summed E-state index contributed by atoms with van der Waals surface area (Å²) in [7, 11) is 1.72. The fourth-order valence-corrected chi connectivity index (χ4v) is 4.31. The third kappa shape index (κ3) is 6.54. The lowest BCUT2D eigenvalue weighted by molar-refractivity contribution is -0.115. The highest BCUT2D eigenvalue weighted by Crippen LogP contribution is 2.29. The average Bonchev–Trinajstić information content (AvgIpc) is 3.27. The lowest BCUT2D eigenvalue weighted by Crippen LogP contribution is -2.46. The number of nitrogens with zero attached hydrogens (tertiary/aromatic N) is 3. The molecule has 0 radical (unpaired) electrons. The number of aromatic nitrogens is 1. The number of hydrogen-bond donors (Lipinski definition) is 3. The van der Waals surface area contributed by atoms with Crippen LogP contribution in [-0.2, 0) is 4.79 Å². The molecule has 29 heavy (non-hydrogen) atoms. The molecular weight excluding hydrogens is 384 g/mol. The van der Waals surface area contributed by atoms with Gasteiger partial charge in [-0.1, -0.05) is 13.0 Å². The van der Waals surface area contributed by atoms with E-state index in [2.05, 4.69) is 55.3 Å². The van der Waals surface area contributed by atoms with E-state index in [1.54, 1.807) is 36.8 Å². The van der Waals surface area contributed by atoms with Gasteiger partial charge < -0.3 is 16.0 Å². The summed E-state index contributed by atoms with van der Waals surface area (Å²) in [6.45, 7) is 5.45. The first-order valence-electron chi connectivity index (χ1n) is 10.1. The Morgan fingerprint density at radius 3 is 2.79 bits per heavy atom. The molecule has 3 rings (SSSR count). The van der Waals surface area contributed by atoms with E-state index in [4.69, 9.17) is 0 Å². The van der Waals surface area contributed by atoms with Gasteiger partial charge in [0, 0.05) is 24.7 Å². The summed E-state index contributed by atoms with van der Waals surface area (Å²) in [5.41, 5.74) is 0.680. The Kier molecular flexibility index (Phi) is 8.01. The molecule has 3 heterocycles. The molecule has 0 bridgehead atoms. The van der Waals surface area contributed by atoms with E-state index >= 15 is 0 Å². The molecule has 1 saturated heterocycles. The highest BCUT2D eigenvalue weighted by atomic mass is 32.1. The second-order valence-corrected chi connectivity index (χ2v) is 8.33. The van der Waals surface area contributed by atoms with E-state index in [1.165, 1.54) is 17.7 Å². The number of hydrogen-bond acceptors (Lipinski definition) is 5. The van der Waals surface area contributed by atoms with Gasteiger partial charge in [0.05, 0.1) is 24.5 Å². The number of amides is 1. The number of anilines is 1. The van der Waals surface area contributed by atoms with Crippen LogP contribution < -0.4 is 16.0 Å². The van der Waals surface area contributed by atoms with Crippen LogP contribution in [0.2, 0.25) is 0 Å². The van der Waals surface area contributed by atoms with Gasteiger partial charge in [-0.05, 0) is 55.4 Å². The normalized spacial score (nSPS) is 17.0. The van der Waals surface area contributed by atoms with Crippen molar-refractivity contribution in [2.45, 2.75) is 25.8 Å². The van der Waals surface area contributed by atoms with E-state index in [-0.39, 0.29) is 12.5 Å². The van der Waals surface area contributed by atoms with Crippen LogP contribution in [0.3, 0.4) is 0 Å². The topological polar surface area (TPSA) is 81.6 Å². The lowest BCUT2D eigenvalue weighted by atomic mass is 9.97. The quantitative estimate of drug-likeness (QED) is 0.479. The van der Waals surface area contributed by atoms with Gasteiger partial charge in [0.2, 0.25) is 5.91 Å². The Hall–Kier alpha value is -2.45. The van der Waals surface area contributed by atoms with Gasteiger partial charge in [0.1, 0.15) is 0 Å². The van der Waals surface area contributed by atoms with Gasteiger partial charge in [-0.3, -0.25) is 19.7 Å². The predicted molar refractivity (Wildman–Crippen MR) is 119 cm³/mol. The molecule has 0 aromatic carbocycles. The first-order chi connectivity index (χ1) is 14.2. The largest absolute Gasteiger partial charge is 0.354 e. The molecule has 1 aliphatic rings. The Bertz CT molecular complexity index is 772. The molecule has 0 saturated carbocycles. The number of guanidine groups is 1. The smallest absolute Gasteiger partial charge is 0.243 e. The summed E-state index contributed by atoms with van der Waals surface area (Å²) in [4.78, 5) is 24.3. The van der Waals surface area contributed by atoms with Crippen LogP contribution in [0.15, 0.2) is 47.0 Å². The molecule has 7 nitrogen and oxygen atoms in total. The third-order valence-corrected chi connectivity index (χ3v) is 6.15. The first-order valence-corrected chi connectivity index (χ1v) is 11.0. The van der Waals surface area contributed by atoms with Crippen LogP contribution in [0.1, 0.15) is 30.7 Å². The summed E-state index contributed by atoms with van der Waals surface area (Å²) >= 11 is 1.79. The van der Waals surface area contributed by atoms with E-state index in [1.807, 2.05) is 6.07 Å². The molecule has 1 fully saturated rings. The van der Waals surface area contributed by atoms with Crippen LogP contribution in [-0.4, -0.2) is 55.0 Å². The number of carbonyl (C=O) groups excluding carboxylic acids is 1. The molecule has 8 heteroatoms. The maximum Gasteiger partial charge on any atom is 0.243 e. The fraction of sp³-hybridized carbons (Fsp3) is 0.476. The number of nitrogens with one attached hydrogen (secondary N) is 3. The second-order valence-electron chi connectivity index (χ2n) is 7.35. The van der Waals surface area contributed by atoms with E-state index in [9.17, 15) is 4.79 Å². The molecule has 1 amide bonds. The standard InChI is InChI=1S/C21H30N6OS/c1-16-7-10-27(11-8-16)18(19-6-4-12-29-19)14-24-21(22-2)25-15-20(28)26-17-5-3-9-23-13-17/h3-6,9,12-13,16,18H,7-8,10-11,14-15H2,1-2H3,(H,26,28)(H2,22,24,25). The highest BCUT2D eigenvalue weighted by molar-refractivity contribution is 7.10. The van der Waals surface area contributed by atoms with Crippen LogP contribution in [0.5, 0.6) is 0 Å². The number of piperidine rings is 1. The van der Waals surface area contributed by atoms with Crippen molar-refractivity contribution in [2.75, 3.05) is 38.5 Å². The third-order valence-electron chi connectivity index (χ3n) is 5.18. The molecule has 3 N–H and O–H groups in total. The van der Waals surface area contributed by atoms with E-state index in [0.29, 0.717) is 17.7 Å². The number of rotatable bonds is 7. The maximum atomic E-state index is 12.1. The van der Waals surface area contributed by atoms with E-state index < -0.39 is 0 Å². The number of likely N-dealkylation sites (tertiary alicyclic amines) is 1. The molecule has 1 unspecified atom stereocenters. The molecule has 2 aromatic rings. The number of thiophene rings is 1. The van der Waals surface area contributed by atoms with Crippen molar-refractivity contribution in [1.82, 2.24) is 20.5 Å². The second kappa shape index (κ2) is 10.9. The van der Waals surface area contributed by atoms with Crippen molar-refractivity contribution in [1.29, 1.82) is 0 Å². The minimum Gasteiger partial charge on any atom is -0.354 e. The average molecular weight is 415 g/mol. The van der Waals surface area contributed by atoms with Crippen LogP contribution in [0.25, 0.3) is 0 Å². The van der Waals surface area contributed by atoms with Gasteiger partial charge in [0.15, 0.2) is 5.96 Å². The molecule has 1 aliphatic heterocycles. The van der Waals surface area contributed by atoms with Gasteiger partial charge in [-0.25, -0.2) is 0 Å². The summed E-state index contributed by atoms with van der Waals surface area (Å²) in [5, 5.41) is 11.4. The summed E-state index contributed by atoms with van der Waals surface area (Å²) in [6, 6.07) is 8.21. The zero-order chi connectivity index (χ0) is 20.5. The Morgan fingerprint density at radius 1 is 1.31 bits per heavy atom. The predicted octanol–water partition coefficient (Wildman–Crippen LogP) is 2.72. The van der Waals surface area contributed by atoms with Crippen molar-refractivity contribution >= 4 is 28.9 Å². The van der Waals surface area contributed by atoms with Crippen molar-refractivity contribution < 1.29 is 4.79 Å². The Balaban J connectivity index is 1.51. The molecule has 2 aromatic heterocycles. The van der Waals surface area contributed by atoms with Gasteiger partial charge in [0.25, 0.3) is 0 Å². The lowest BCUT2D eigenvalue weighted by Gasteiger charge is -2.36. The molecular formula is C21H30N6OS. The van der Waals surface area contributed by atoms with Crippen LogP contribution in [0, 0.1) is 5.92 Å². The minimum absolute atomic E-state index is 0.138. The van der Waals surface area contributed by atoms with Gasteiger partial charge >= 0.3 is 0 Å². The van der Waals surface area contributed by atoms with E-state index in [0.717, 1.165) is 25.6 Å². The molecule has 1 atom stereocenters. The zero-order valence-electron chi connectivity index (χ0n) is 17.1. The summed E-state index contributed by atoms with van der Waals surface area (Å²) < 4.78 is 0. The number of aliphatic imine (C=N–C) groups is 1. The zero-order valence-corrected chi connectivity index (χ0v) is 17.9. The van der Waals surface area contributed by atoms with Gasteiger partial charge in [-0.2, -0.15) is 0 Å². The van der Waals surface area contributed by atoms with Crippen LogP contribution in [0.4, 0.5) is 5.69 Å². The van der Waals surface area contributed by atoms with Crippen molar-refractivity contribution in [2.24, 2.45) is 10.9 Å². The van der Waals surface area contributed by atoms with Gasteiger partial charge in [-0.15, -0.1) is 11.3 Å². The SMILES string of the molecule is CN=C(NCC(=O)Nc1cccnc1)NCC(c1cccs1)N1CCC(C)CC1. The summed E-state index contributed by atoms with van der Waals surface area (Å²) in [6.07, 6.45) is 5.77. The minimum atomic E-state index is -0.138. The maximum absolute atomic E-state index is 12.1. The monoisotopic (exact) mass is 414 g/mol. The van der Waals surface area contributed by atoms with Crippen LogP contribution >= 0.6 is 11.3 Å². The Morgan fingerprint density at radius 2 is 2.14 bits per heavy atom. The molecule has 0 aliphatic carbocycles. The molecule has 0 spiro atoms. The first kappa shape index (κ1) is 21.3.